The minimum Gasteiger partial charge on any atom is -0.497 e. The Kier molecular flexibility index (Phi) is 4.41. The van der Waals surface area contributed by atoms with Crippen molar-refractivity contribution in [2.75, 3.05) is 13.0 Å². The molecule has 0 N–H and O–H groups in total. The van der Waals surface area contributed by atoms with Gasteiger partial charge in [0.25, 0.3) is 0 Å². The van der Waals surface area contributed by atoms with Crippen molar-refractivity contribution in [3.05, 3.63) is 42.0 Å². The third-order valence-corrected chi connectivity index (χ3v) is 1.92. The second-order valence-electron chi connectivity index (χ2n) is 2.68. The van der Waals surface area contributed by atoms with Gasteiger partial charge in [-0.15, -0.1) is 11.6 Å². The quantitative estimate of drug-likeness (QED) is 0.532. The summed E-state index contributed by atoms with van der Waals surface area (Å²) < 4.78 is 5.11. The second kappa shape index (κ2) is 5.65. The van der Waals surface area contributed by atoms with E-state index in [1.807, 2.05) is 24.3 Å². The van der Waals surface area contributed by atoms with Crippen LogP contribution in [0.4, 0.5) is 0 Å². The Morgan fingerprint density at radius 2 is 2.23 bits per heavy atom. The molecule has 0 spiro atoms. The largest absolute Gasteiger partial charge is 0.497 e. The molecule has 1 aromatic rings. The maximum absolute atomic E-state index is 5.51. The first-order valence-electron chi connectivity index (χ1n) is 4.20. The van der Waals surface area contributed by atoms with Crippen molar-refractivity contribution in [2.24, 2.45) is 0 Å². The highest BCUT2D eigenvalue weighted by molar-refractivity contribution is 6.18. The zero-order valence-corrected chi connectivity index (χ0v) is 8.42. The van der Waals surface area contributed by atoms with Crippen molar-refractivity contribution in [3.63, 3.8) is 0 Å². The lowest BCUT2D eigenvalue weighted by molar-refractivity contribution is 0.414. The molecule has 0 heterocycles. The molecule has 0 saturated carbocycles. The summed E-state index contributed by atoms with van der Waals surface area (Å²) in [6.45, 7) is 0. The van der Waals surface area contributed by atoms with Crippen LogP contribution >= 0.6 is 11.6 Å². The highest BCUT2D eigenvalue weighted by atomic mass is 35.5. The van der Waals surface area contributed by atoms with Crippen LogP contribution in [0.2, 0.25) is 0 Å². The topological polar surface area (TPSA) is 9.23 Å². The van der Waals surface area contributed by atoms with Gasteiger partial charge in [0.05, 0.1) is 7.11 Å². The smallest absolute Gasteiger partial charge is 0.119 e. The van der Waals surface area contributed by atoms with Gasteiger partial charge in [0, 0.05) is 5.88 Å². The number of alkyl halides is 1. The van der Waals surface area contributed by atoms with Gasteiger partial charge in [-0.2, -0.15) is 0 Å². The van der Waals surface area contributed by atoms with Crippen LogP contribution in [0.3, 0.4) is 0 Å². The van der Waals surface area contributed by atoms with Gasteiger partial charge in [0.1, 0.15) is 5.75 Å². The van der Waals surface area contributed by atoms with Crippen molar-refractivity contribution < 1.29 is 4.74 Å². The van der Waals surface area contributed by atoms with E-state index >= 15 is 0 Å². The summed E-state index contributed by atoms with van der Waals surface area (Å²) in [5, 5.41) is 0. The van der Waals surface area contributed by atoms with Crippen LogP contribution in [0.25, 0.3) is 0 Å². The SMILES string of the molecule is COc1cccc(C/C=C/CCl)c1. The number of benzene rings is 1. The number of allylic oxidation sites excluding steroid dienone is 2. The molecule has 0 aliphatic rings. The van der Waals surface area contributed by atoms with Crippen LogP contribution in [0.5, 0.6) is 5.75 Å². The monoisotopic (exact) mass is 196 g/mol. The van der Waals surface area contributed by atoms with Gasteiger partial charge in [-0.3, -0.25) is 0 Å². The zero-order valence-electron chi connectivity index (χ0n) is 7.66. The van der Waals surface area contributed by atoms with Crippen molar-refractivity contribution in [3.8, 4) is 5.75 Å². The fraction of sp³-hybridized carbons (Fsp3) is 0.273. The van der Waals surface area contributed by atoms with Crippen LogP contribution in [0, 0.1) is 0 Å². The summed E-state index contributed by atoms with van der Waals surface area (Å²) in [6, 6.07) is 8.02. The molecule has 0 fully saturated rings. The first-order valence-corrected chi connectivity index (χ1v) is 4.74. The molecule has 70 valence electrons. The molecule has 0 bridgehead atoms. The average molecular weight is 197 g/mol. The molecule has 0 aliphatic heterocycles. The van der Waals surface area contributed by atoms with Crippen LogP contribution in [-0.4, -0.2) is 13.0 Å². The van der Waals surface area contributed by atoms with Gasteiger partial charge in [-0.1, -0.05) is 24.3 Å². The van der Waals surface area contributed by atoms with E-state index in [2.05, 4.69) is 12.1 Å². The van der Waals surface area contributed by atoms with Crippen LogP contribution in [0.1, 0.15) is 5.56 Å². The molecule has 1 aromatic carbocycles. The van der Waals surface area contributed by atoms with Gasteiger partial charge >= 0.3 is 0 Å². The minimum absolute atomic E-state index is 0.573. The Bertz CT molecular complexity index is 281. The molecule has 0 radical (unpaired) electrons. The Hall–Kier alpha value is -0.950. The zero-order chi connectivity index (χ0) is 9.52. The maximum Gasteiger partial charge on any atom is 0.119 e. The number of ether oxygens (including phenoxy) is 1. The molecule has 0 amide bonds. The molecule has 1 nitrogen and oxygen atoms in total. The third kappa shape index (κ3) is 3.51. The normalized spacial score (nSPS) is 10.6. The lowest BCUT2D eigenvalue weighted by Gasteiger charge is -2.01. The number of rotatable bonds is 4. The summed E-state index contributed by atoms with van der Waals surface area (Å²) in [4.78, 5) is 0. The molecule has 0 saturated heterocycles. The van der Waals surface area contributed by atoms with Gasteiger partial charge in [0.2, 0.25) is 0 Å². The summed E-state index contributed by atoms with van der Waals surface area (Å²) >= 11 is 5.51. The minimum atomic E-state index is 0.573. The van der Waals surface area contributed by atoms with E-state index in [0.29, 0.717) is 5.88 Å². The summed E-state index contributed by atoms with van der Waals surface area (Å²) in [5.41, 5.74) is 1.24. The molecule has 0 unspecified atom stereocenters. The van der Waals surface area contributed by atoms with Crippen LogP contribution in [0.15, 0.2) is 36.4 Å². The maximum atomic E-state index is 5.51. The van der Waals surface area contributed by atoms with Crippen molar-refractivity contribution in [1.82, 2.24) is 0 Å². The Balaban J connectivity index is 2.61. The Morgan fingerprint density at radius 1 is 1.38 bits per heavy atom. The van der Waals surface area contributed by atoms with Crippen molar-refractivity contribution >= 4 is 11.6 Å². The first kappa shape index (κ1) is 10.1. The van der Waals surface area contributed by atoms with E-state index in [4.69, 9.17) is 16.3 Å². The number of hydrogen-bond acceptors (Lipinski definition) is 1. The van der Waals surface area contributed by atoms with E-state index in [9.17, 15) is 0 Å². The summed E-state index contributed by atoms with van der Waals surface area (Å²) in [5.74, 6) is 1.47. The Labute approximate surface area is 84.0 Å². The molecule has 13 heavy (non-hydrogen) atoms. The molecule has 2 heteroatoms. The number of halogens is 1. The van der Waals surface area contributed by atoms with E-state index in [1.165, 1.54) is 5.56 Å². The van der Waals surface area contributed by atoms with Crippen molar-refractivity contribution in [2.45, 2.75) is 6.42 Å². The predicted molar refractivity (Wildman–Crippen MR) is 56.6 cm³/mol. The van der Waals surface area contributed by atoms with Crippen LogP contribution in [-0.2, 0) is 6.42 Å². The highest BCUT2D eigenvalue weighted by Gasteiger charge is 1.92. The highest BCUT2D eigenvalue weighted by Crippen LogP contribution is 2.12. The average Bonchev–Trinajstić information content (AvgIpc) is 2.19. The molecular formula is C11H13ClO. The second-order valence-corrected chi connectivity index (χ2v) is 2.99. The van der Waals surface area contributed by atoms with Gasteiger partial charge < -0.3 is 4.74 Å². The third-order valence-electron chi connectivity index (χ3n) is 1.74. The van der Waals surface area contributed by atoms with Gasteiger partial charge in [-0.25, -0.2) is 0 Å². The van der Waals surface area contributed by atoms with Gasteiger partial charge in [-0.05, 0) is 24.1 Å². The molecule has 0 aromatic heterocycles. The fourth-order valence-electron chi connectivity index (χ4n) is 1.08. The van der Waals surface area contributed by atoms with E-state index in [1.54, 1.807) is 7.11 Å². The standard InChI is InChI=1S/C11H13ClO/c1-13-11-7-4-6-10(9-11)5-2-3-8-12/h2-4,6-7,9H,5,8H2,1H3/b3-2+. The molecule has 0 aliphatic carbocycles. The van der Waals surface area contributed by atoms with E-state index in [-0.39, 0.29) is 0 Å². The lowest BCUT2D eigenvalue weighted by Crippen LogP contribution is -1.85. The van der Waals surface area contributed by atoms with Gasteiger partial charge in [0.15, 0.2) is 0 Å². The van der Waals surface area contributed by atoms with E-state index < -0.39 is 0 Å². The molecular weight excluding hydrogens is 184 g/mol. The molecule has 1 rings (SSSR count). The molecule has 0 atom stereocenters. The first-order chi connectivity index (χ1) is 6.36. The number of hydrogen-bond donors (Lipinski definition) is 0. The lowest BCUT2D eigenvalue weighted by atomic mass is 10.1. The predicted octanol–water partition coefficient (Wildman–Crippen LogP) is 3.03. The summed E-state index contributed by atoms with van der Waals surface area (Å²) in [7, 11) is 1.67. The number of methoxy groups -OCH3 is 1. The fourth-order valence-corrected chi connectivity index (χ4v) is 1.21. The van der Waals surface area contributed by atoms with Crippen molar-refractivity contribution in [1.29, 1.82) is 0 Å². The summed E-state index contributed by atoms with van der Waals surface area (Å²) in [6.07, 6.45) is 4.91. The van der Waals surface area contributed by atoms with Crippen LogP contribution < -0.4 is 4.74 Å². The Morgan fingerprint density at radius 3 is 2.92 bits per heavy atom. The van der Waals surface area contributed by atoms with E-state index in [0.717, 1.165) is 12.2 Å².